The molecule has 17 heavy (non-hydrogen) atoms. The number of hydrogen-bond donors (Lipinski definition) is 0. The zero-order chi connectivity index (χ0) is 12.6. The standard InChI is InChI=1S/C15H32O2/c1-3-5-6-7-8-9-10-11-12-13-15-17-16-14-4-2/h3-15H2,1-2H3. The average molecular weight is 244 g/mol. The topological polar surface area (TPSA) is 18.5 Å². The molecule has 0 heterocycles. The largest absolute Gasteiger partial charge is 0.237 e. The SMILES string of the molecule is CCCCCCCCCCCCOOCCC. The van der Waals surface area contributed by atoms with Crippen molar-refractivity contribution in [1.29, 1.82) is 0 Å². The van der Waals surface area contributed by atoms with Gasteiger partial charge in [-0.15, -0.1) is 0 Å². The van der Waals surface area contributed by atoms with Crippen molar-refractivity contribution in [2.75, 3.05) is 13.2 Å². The Morgan fingerprint density at radius 2 is 0.941 bits per heavy atom. The first kappa shape index (κ1) is 16.9. The summed E-state index contributed by atoms with van der Waals surface area (Å²) in [5.41, 5.74) is 0. The lowest BCUT2D eigenvalue weighted by atomic mass is 10.1. The van der Waals surface area contributed by atoms with Gasteiger partial charge in [-0.25, -0.2) is 9.78 Å². The first-order valence-corrected chi connectivity index (χ1v) is 7.66. The van der Waals surface area contributed by atoms with Crippen LogP contribution in [-0.4, -0.2) is 13.2 Å². The average Bonchev–Trinajstić information content (AvgIpc) is 2.35. The lowest BCUT2D eigenvalue weighted by molar-refractivity contribution is -0.294. The van der Waals surface area contributed by atoms with Gasteiger partial charge in [-0.1, -0.05) is 71.6 Å². The molecule has 0 spiro atoms. The maximum atomic E-state index is 5.05. The van der Waals surface area contributed by atoms with E-state index in [0.717, 1.165) is 26.1 Å². The van der Waals surface area contributed by atoms with Gasteiger partial charge in [0.15, 0.2) is 0 Å². The van der Waals surface area contributed by atoms with Crippen molar-refractivity contribution in [3.8, 4) is 0 Å². The molecule has 0 aliphatic heterocycles. The molecule has 0 amide bonds. The summed E-state index contributed by atoms with van der Waals surface area (Å²) in [5.74, 6) is 0. The van der Waals surface area contributed by atoms with Crippen LogP contribution in [0, 0.1) is 0 Å². The Labute approximate surface area is 108 Å². The van der Waals surface area contributed by atoms with E-state index in [-0.39, 0.29) is 0 Å². The molecule has 0 aromatic carbocycles. The van der Waals surface area contributed by atoms with Crippen molar-refractivity contribution in [1.82, 2.24) is 0 Å². The van der Waals surface area contributed by atoms with Crippen LogP contribution in [0.4, 0.5) is 0 Å². The fourth-order valence-corrected chi connectivity index (χ4v) is 1.85. The first-order valence-electron chi connectivity index (χ1n) is 7.66. The molecule has 0 aliphatic rings. The first-order chi connectivity index (χ1) is 8.41. The Morgan fingerprint density at radius 3 is 1.47 bits per heavy atom. The third-order valence-electron chi connectivity index (χ3n) is 2.95. The molecule has 0 rings (SSSR count). The summed E-state index contributed by atoms with van der Waals surface area (Å²) in [6.07, 6.45) is 14.7. The van der Waals surface area contributed by atoms with Crippen molar-refractivity contribution in [2.24, 2.45) is 0 Å². The fourth-order valence-electron chi connectivity index (χ4n) is 1.85. The molecule has 0 unspecified atom stereocenters. The van der Waals surface area contributed by atoms with Crippen LogP contribution in [0.25, 0.3) is 0 Å². The van der Waals surface area contributed by atoms with E-state index in [1.54, 1.807) is 0 Å². The van der Waals surface area contributed by atoms with Crippen molar-refractivity contribution >= 4 is 0 Å². The maximum Gasteiger partial charge on any atom is 0.0822 e. The molecule has 0 aromatic rings. The minimum Gasteiger partial charge on any atom is -0.237 e. The van der Waals surface area contributed by atoms with E-state index in [1.165, 1.54) is 57.8 Å². The van der Waals surface area contributed by atoms with E-state index in [9.17, 15) is 0 Å². The van der Waals surface area contributed by atoms with Crippen LogP contribution < -0.4 is 0 Å². The highest BCUT2D eigenvalue weighted by molar-refractivity contribution is 4.46. The molecule has 2 nitrogen and oxygen atoms in total. The van der Waals surface area contributed by atoms with Crippen LogP contribution >= 0.6 is 0 Å². The van der Waals surface area contributed by atoms with E-state index >= 15 is 0 Å². The normalized spacial score (nSPS) is 10.9. The van der Waals surface area contributed by atoms with Gasteiger partial charge in [-0.3, -0.25) is 0 Å². The second kappa shape index (κ2) is 15.9. The molecule has 0 saturated heterocycles. The molecule has 2 heteroatoms. The highest BCUT2D eigenvalue weighted by Crippen LogP contribution is 2.10. The second-order valence-corrected chi connectivity index (χ2v) is 4.83. The Bertz CT molecular complexity index is 112. The van der Waals surface area contributed by atoms with Crippen molar-refractivity contribution in [2.45, 2.75) is 84.5 Å². The molecular formula is C15H32O2. The summed E-state index contributed by atoms with van der Waals surface area (Å²) >= 11 is 0. The van der Waals surface area contributed by atoms with E-state index < -0.39 is 0 Å². The van der Waals surface area contributed by atoms with E-state index in [0.29, 0.717) is 0 Å². The lowest BCUT2D eigenvalue weighted by Gasteiger charge is -2.03. The third kappa shape index (κ3) is 15.9. The highest BCUT2D eigenvalue weighted by Gasteiger charge is 1.93. The molecule has 0 bridgehead atoms. The summed E-state index contributed by atoms with van der Waals surface area (Å²) in [6.45, 7) is 5.84. The van der Waals surface area contributed by atoms with Gasteiger partial charge in [0.1, 0.15) is 0 Å². The van der Waals surface area contributed by atoms with Crippen LogP contribution in [0.3, 0.4) is 0 Å². The molecule has 0 fully saturated rings. The van der Waals surface area contributed by atoms with Gasteiger partial charge >= 0.3 is 0 Å². The van der Waals surface area contributed by atoms with Gasteiger partial charge in [-0.2, -0.15) is 0 Å². The maximum absolute atomic E-state index is 5.05. The van der Waals surface area contributed by atoms with Crippen LogP contribution in [0.15, 0.2) is 0 Å². The highest BCUT2D eigenvalue weighted by atomic mass is 17.2. The Kier molecular flexibility index (Phi) is 15.8. The minimum absolute atomic E-state index is 0.720. The summed E-state index contributed by atoms with van der Waals surface area (Å²) in [7, 11) is 0. The molecule has 0 N–H and O–H groups in total. The van der Waals surface area contributed by atoms with Crippen LogP contribution in [-0.2, 0) is 9.78 Å². The monoisotopic (exact) mass is 244 g/mol. The van der Waals surface area contributed by atoms with E-state index in [4.69, 9.17) is 9.78 Å². The summed E-state index contributed by atoms with van der Waals surface area (Å²) in [5, 5.41) is 0. The molecule has 104 valence electrons. The zero-order valence-corrected chi connectivity index (χ0v) is 12.0. The van der Waals surface area contributed by atoms with Crippen molar-refractivity contribution in [3.05, 3.63) is 0 Å². The van der Waals surface area contributed by atoms with E-state index in [2.05, 4.69) is 13.8 Å². The zero-order valence-electron chi connectivity index (χ0n) is 12.0. The Morgan fingerprint density at radius 1 is 0.471 bits per heavy atom. The van der Waals surface area contributed by atoms with Crippen molar-refractivity contribution < 1.29 is 9.78 Å². The smallest absolute Gasteiger partial charge is 0.0822 e. The number of rotatable bonds is 14. The second-order valence-electron chi connectivity index (χ2n) is 4.83. The predicted molar refractivity (Wildman–Crippen MR) is 74.0 cm³/mol. The summed E-state index contributed by atoms with van der Waals surface area (Å²) in [6, 6.07) is 0. The molecule has 0 aliphatic carbocycles. The predicted octanol–water partition coefficient (Wildman–Crippen LogP) is 5.27. The molecular weight excluding hydrogens is 212 g/mol. The molecule has 0 atom stereocenters. The molecule has 0 saturated carbocycles. The Hall–Kier alpha value is -0.0800. The molecule has 0 aromatic heterocycles. The number of hydrogen-bond acceptors (Lipinski definition) is 2. The van der Waals surface area contributed by atoms with Gasteiger partial charge in [0.25, 0.3) is 0 Å². The van der Waals surface area contributed by atoms with Gasteiger partial charge in [0, 0.05) is 0 Å². The quantitative estimate of drug-likeness (QED) is 0.235. The Balaban J connectivity index is 2.85. The summed E-state index contributed by atoms with van der Waals surface area (Å²) in [4.78, 5) is 10.0. The summed E-state index contributed by atoms with van der Waals surface area (Å²) < 4.78 is 0. The van der Waals surface area contributed by atoms with Gasteiger partial charge < -0.3 is 0 Å². The van der Waals surface area contributed by atoms with Gasteiger partial charge in [-0.05, 0) is 12.8 Å². The number of unbranched alkanes of at least 4 members (excludes halogenated alkanes) is 9. The van der Waals surface area contributed by atoms with Crippen molar-refractivity contribution in [3.63, 3.8) is 0 Å². The van der Waals surface area contributed by atoms with E-state index in [1.807, 2.05) is 0 Å². The van der Waals surface area contributed by atoms with Crippen LogP contribution in [0.5, 0.6) is 0 Å². The van der Waals surface area contributed by atoms with Gasteiger partial charge in [0.05, 0.1) is 13.2 Å². The van der Waals surface area contributed by atoms with Crippen LogP contribution in [0.1, 0.15) is 84.5 Å². The third-order valence-corrected chi connectivity index (χ3v) is 2.95. The van der Waals surface area contributed by atoms with Crippen LogP contribution in [0.2, 0.25) is 0 Å². The lowest BCUT2D eigenvalue weighted by Crippen LogP contribution is -1.97. The molecule has 0 radical (unpaired) electrons. The minimum atomic E-state index is 0.720. The van der Waals surface area contributed by atoms with Gasteiger partial charge in [0.2, 0.25) is 0 Å². The fraction of sp³-hybridized carbons (Fsp3) is 1.00.